The number of hydrogen-bond donors (Lipinski definition) is 1. The van der Waals surface area contributed by atoms with Crippen LogP contribution in [0.5, 0.6) is 0 Å². The van der Waals surface area contributed by atoms with E-state index in [4.69, 9.17) is 4.74 Å². The van der Waals surface area contributed by atoms with Gasteiger partial charge in [-0.1, -0.05) is 12.5 Å². The lowest BCUT2D eigenvalue weighted by atomic mass is 10.1. The fourth-order valence-corrected chi connectivity index (χ4v) is 5.32. The molecule has 1 saturated heterocycles. The van der Waals surface area contributed by atoms with Crippen LogP contribution in [-0.4, -0.2) is 49.8 Å². The maximum absolute atomic E-state index is 12.9. The van der Waals surface area contributed by atoms with Crippen LogP contribution in [0.25, 0.3) is 0 Å². The molecule has 28 heavy (non-hydrogen) atoms. The quantitative estimate of drug-likeness (QED) is 0.699. The molecule has 1 amide bonds. The summed E-state index contributed by atoms with van der Waals surface area (Å²) >= 11 is 0. The van der Waals surface area contributed by atoms with Crippen LogP contribution in [0, 0.1) is 5.92 Å². The van der Waals surface area contributed by atoms with Gasteiger partial charge in [-0.3, -0.25) is 4.79 Å². The van der Waals surface area contributed by atoms with Crippen LogP contribution in [-0.2, 0) is 19.6 Å². The predicted molar refractivity (Wildman–Crippen MR) is 104 cm³/mol. The minimum absolute atomic E-state index is 0.0634. The highest BCUT2D eigenvalue weighted by Crippen LogP contribution is 2.32. The molecule has 1 aliphatic heterocycles. The molecule has 2 fully saturated rings. The fraction of sp³-hybridized carbons (Fsp3) is 0.600. The number of benzene rings is 1. The Bertz CT molecular complexity index is 835. The summed E-state index contributed by atoms with van der Waals surface area (Å²) in [6, 6.07) is 5.83. The van der Waals surface area contributed by atoms with Crippen molar-refractivity contribution in [2.75, 3.05) is 13.2 Å². The summed E-state index contributed by atoms with van der Waals surface area (Å²) < 4.78 is 32.4. The van der Waals surface area contributed by atoms with Crippen LogP contribution in [0.2, 0.25) is 0 Å². The van der Waals surface area contributed by atoms with Gasteiger partial charge in [-0.15, -0.1) is 0 Å². The molecule has 2 atom stereocenters. The Kier molecular flexibility index (Phi) is 6.40. The topological polar surface area (TPSA) is 92.8 Å². The molecule has 1 N–H and O–H groups in total. The van der Waals surface area contributed by atoms with Crippen molar-refractivity contribution in [2.45, 2.75) is 62.9 Å². The Hall–Kier alpha value is -1.93. The summed E-state index contributed by atoms with van der Waals surface area (Å²) in [6.07, 6.45) is 4.90. The first-order chi connectivity index (χ1) is 13.3. The molecule has 0 spiro atoms. The molecular formula is C20H28N2O5S. The smallest absolute Gasteiger partial charge is 0.338 e. The highest BCUT2D eigenvalue weighted by Gasteiger charge is 2.31. The third-order valence-electron chi connectivity index (χ3n) is 5.47. The second-order valence-electron chi connectivity index (χ2n) is 7.76. The summed E-state index contributed by atoms with van der Waals surface area (Å²) in [5.74, 6) is -0.546. The lowest BCUT2D eigenvalue weighted by Crippen LogP contribution is -2.41. The van der Waals surface area contributed by atoms with Gasteiger partial charge in [-0.25, -0.2) is 13.2 Å². The molecule has 1 saturated carbocycles. The highest BCUT2D eigenvalue weighted by atomic mass is 32.2. The van der Waals surface area contributed by atoms with E-state index in [9.17, 15) is 18.0 Å². The molecule has 3 rings (SSSR count). The second-order valence-corrected chi connectivity index (χ2v) is 9.65. The molecule has 1 aromatic rings. The molecule has 1 aliphatic carbocycles. The Labute approximate surface area is 166 Å². The van der Waals surface area contributed by atoms with Gasteiger partial charge >= 0.3 is 5.97 Å². The zero-order chi connectivity index (χ0) is 20.3. The van der Waals surface area contributed by atoms with E-state index in [1.165, 1.54) is 28.6 Å². The number of nitrogens with one attached hydrogen (secondary N) is 1. The monoisotopic (exact) mass is 408 g/mol. The van der Waals surface area contributed by atoms with Gasteiger partial charge in [-0.2, -0.15) is 4.31 Å². The van der Waals surface area contributed by atoms with Gasteiger partial charge < -0.3 is 10.1 Å². The SMILES string of the molecule is C[C@H](NC(=O)COC(=O)c1cccc(S(=O)(=O)N2CCCC[C@H]2C)c1)C1CC1. The molecule has 1 heterocycles. The van der Waals surface area contributed by atoms with Crippen molar-refractivity contribution < 1.29 is 22.7 Å². The molecule has 0 bridgehead atoms. The first-order valence-corrected chi connectivity index (χ1v) is 11.3. The molecule has 7 nitrogen and oxygen atoms in total. The van der Waals surface area contributed by atoms with Gasteiger partial charge in [0.15, 0.2) is 6.61 Å². The number of ether oxygens (including phenoxy) is 1. The van der Waals surface area contributed by atoms with E-state index in [1.54, 1.807) is 0 Å². The van der Waals surface area contributed by atoms with Crippen molar-refractivity contribution in [3.63, 3.8) is 0 Å². The van der Waals surface area contributed by atoms with Crippen molar-refractivity contribution in [1.29, 1.82) is 0 Å². The van der Waals surface area contributed by atoms with E-state index in [-0.39, 0.29) is 35.1 Å². The third-order valence-corrected chi connectivity index (χ3v) is 7.48. The Balaban J connectivity index is 1.63. The van der Waals surface area contributed by atoms with Crippen LogP contribution in [0.1, 0.15) is 56.3 Å². The Morgan fingerprint density at radius 3 is 2.68 bits per heavy atom. The lowest BCUT2D eigenvalue weighted by Gasteiger charge is -2.32. The summed E-state index contributed by atoms with van der Waals surface area (Å²) in [5.41, 5.74) is 0.119. The van der Waals surface area contributed by atoms with Crippen LogP contribution in [0.3, 0.4) is 0 Å². The first kappa shape index (κ1) is 20.8. The van der Waals surface area contributed by atoms with E-state index < -0.39 is 16.0 Å². The largest absolute Gasteiger partial charge is 0.452 e. The lowest BCUT2D eigenvalue weighted by molar-refractivity contribution is -0.124. The van der Waals surface area contributed by atoms with Crippen molar-refractivity contribution in [1.82, 2.24) is 9.62 Å². The maximum Gasteiger partial charge on any atom is 0.338 e. The minimum Gasteiger partial charge on any atom is -0.452 e. The third kappa shape index (κ3) is 4.91. The van der Waals surface area contributed by atoms with Crippen molar-refractivity contribution in [3.8, 4) is 0 Å². The fourth-order valence-electron chi connectivity index (χ4n) is 3.57. The van der Waals surface area contributed by atoms with Crippen LogP contribution < -0.4 is 5.32 Å². The maximum atomic E-state index is 12.9. The van der Waals surface area contributed by atoms with Gasteiger partial charge in [0.1, 0.15) is 0 Å². The molecule has 0 unspecified atom stereocenters. The molecule has 0 aromatic heterocycles. The van der Waals surface area contributed by atoms with E-state index in [2.05, 4.69) is 5.32 Å². The summed E-state index contributed by atoms with van der Waals surface area (Å²) in [5, 5.41) is 2.81. The number of sulfonamides is 1. The molecule has 154 valence electrons. The van der Waals surface area contributed by atoms with E-state index in [0.717, 1.165) is 32.1 Å². The summed E-state index contributed by atoms with van der Waals surface area (Å²) in [7, 11) is -3.67. The van der Waals surface area contributed by atoms with Crippen molar-refractivity contribution in [2.24, 2.45) is 5.92 Å². The number of carbonyl (C=O) groups is 2. The zero-order valence-corrected chi connectivity index (χ0v) is 17.2. The second kappa shape index (κ2) is 8.61. The molecule has 2 aliphatic rings. The molecule has 0 radical (unpaired) electrons. The van der Waals surface area contributed by atoms with Gasteiger partial charge in [-0.05, 0) is 63.6 Å². The van der Waals surface area contributed by atoms with E-state index in [0.29, 0.717) is 12.5 Å². The number of hydrogen-bond acceptors (Lipinski definition) is 5. The molecule has 1 aromatic carbocycles. The van der Waals surface area contributed by atoms with Crippen molar-refractivity contribution >= 4 is 21.9 Å². The predicted octanol–water partition coefficient (Wildman–Crippen LogP) is 2.32. The zero-order valence-electron chi connectivity index (χ0n) is 16.4. The molecule has 8 heteroatoms. The van der Waals surface area contributed by atoms with Crippen molar-refractivity contribution in [3.05, 3.63) is 29.8 Å². The van der Waals surface area contributed by atoms with E-state index >= 15 is 0 Å². The normalized spacial score (nSPS) is 21.7. The van der Waals surface area contributed by atoms with Gasteiger partial charge in [0.2, 0.25) is 10.0 Å². The Morgan fingerprint density at radius 1 is 1.25 bits per heavy atom. The number of amides is 1. The summed E-state index contributed by atoms with van der Waals surface area (Å²) in [4.78, 5) is 24.3. The van der Waals surface area contributed by atoms with Crippen LogP contribution in [0.4, 0.5) is 0 Å². The summed E-state index contributed by atoms with van der Waals surface area (Å²) in [6.45, 7) is 3.94. The number of esters is 1. The molecular weight excluding hydrogens is 380 g/mol. The number of nitrogens with zero attached hydrogens (tertiary/aromatic N) is 1. The van der Waals surface area contributed by atoms with Crippen LogP contribution in [0.15, 0.2) is 29.2 Å². The Morgan fingerprint density at radius 2 is 2.00 bits per heavy atom. The van der Waals surface area contributed by atoms with Crippen LogP contribution >= 0.6 is 0 Å². The first-order valence-electron chi connectivity index (χ1n) is 9.87. The van der Waals surface area contributed by atoms with Gasteiger partial charge in [0.25, 0.3) is 5.91 Å². The average Bonchev–Trinajstić information content (AvgIpc) is 3.52. The van der Waals surface area contributed by atoms with Gasteiger partial charge in [0, 0.05) is 18.6 Å². The number of rotatable bonds is 7. The standard InChI is InChI=1S/C20H28N2O5S/c1-14-6-3-4-11-22(14)28(25,26)18-8-5-7-17(12-18)20(24)27-13-19(23)21-15(2)16-9-10-16/h5,7-8,12,14-16H,3-4,6,9-11,13H2,1-2H3,(H,21,23)/t14-,15+/m1/s1. The highest BCUT2D eigenvalue weighted by molar-refractivity contribution is 7.89. The minimum atomic E-state index is -3.67. The number of piperidine rings is 1. The van der Waals surface area contributed by atoms with E-state index in [1.807, 2.05) is 13.8 Å². The number of carbonyl (C=O) groups excluding carboxylic acids is 2. The van der Waals surface area contributed by atoms with Gasteiger partial charge in [0.05, 0.1) is 10.5 Å². The average molecular weight is 409 g/mol.